The molecule has 0 radical (unpaired) electrons. The number of amides is 2. The molecule has 0 saturated carbocycles. The Morgan fingerprint density at radius 1 is 1.27 bits per heavy atom. The molecule has 1 aliphatic rings. The Morgan fingerprint density at radius 2 is 1.91 bits per heavy atom. The van der Waals surface area contributed by atoms with Gasteiger partial charge in [-0.05, 0) is 18.4 Å². The Balaban J connectivity index is 1.81. The van der Waals surface area contributed by atoms with E-state index in [9.17, 15) is 9.59 Å². The van der Waals surface area contributed by atoms with Crippen LogP contribution >= 0.6 is 0 Å². The highest BCUT2D eigenvalue weighted by molar-refractivity contribution is 5.90. The molecule has 1 aromatic rings. The highest BCUT2D eigenvalue weighted by Crippen LogP contribution is 2.19. The van der Waals surface area contributed by atoms with Gasteiger partial charge in [-0.3, -0.25) is 9.59 Å². The maximum Gasteiger partial charge on any atom is 0.243 e. The summed E-state index contributed by atoms with van der Waals surface area (Å²) in [5.74, 6) is -0.402. The summed E-state index contributed by atoms with van der Waals surface area (Å²) >= 11 is 0. The van der Waals surface area contributed by atoms with Gasteiger partial charge >= 0.3 is 0 Å². The maximum atomic E-state index is 12.4. The molecule has 0 aromatic heterocycles. The number of carbonyl (C=O) groups is 2. The number of benzene rings is 1. The molecule has 0 aliphatic carbocycles. The van der Waals surface area contributed by atoms with Crippen LogP contribution in [0.2, 0.25) is 0 Å². The first-order valence-corrected chi connectivity index (χ1v) is 7.44. The molecule has 1 fully saturated rings. The third-order valence-electron chi connectivity index (χ3n) is 3.87. The van der Waals surface area contributed by atoms with E-state index in [0.29, 0.717) is 32.6 Å². The van der Waals surface area contributed by atoms with E-state index in [1.165, 1.54) is 4.90 Å². The lowest BCUT2D eigenvalue weighted by Gasteiger charge is -2.35. The molecule has 0 bridgehead atoms. The molecule has 2 rings (SSSR count). The van der Waals surface area contributed by atoms with Crippen LogP contribution in [0.3, 0.4) is 0 Å². The molecule has 6 nitrogen and oxygen atoms in total. The summed E-state index contributed by atoms with van der Waals surface area (Å²) in [6.45, 7) is 1.42. The second-order valence-electron chi connectivity index (χ2n) is 5.69. The molecule has 1 heterocycles. The van der Waals surface area contributed by atoms with Gasteiger partial charge in [0.25, 0.3) is 0 Å². The van der Waals surface area contributed by atoms with Crippen molar-refractivity contribution in [2.24, 2.45) is 5.73 Å². The number of nitrogens with one attached hydrogen (secondary N) is 1. The molecular weight excluding hydrogens is 282 g/mol. The molecule has 0 spiro atoms. The first-order chi connectivity index (χ1) is 10.5. The summed E-state index contributed by atoms with van der Waals surface area (Å²) in [5, 5.41) is 2.80. The van der Waals surface area contributed by atoms with Crippen molar-refractivity contribution < 1.29 is 14.3 Å². The molecule has 1 saturated heterocycles. The van der Waals surface area contributed by atoms with Crippen molar-refractivity contribution in [3.63, 3.8) is 0 Å². The number of rotatable bonds is 5. The van der Waals surface area contributed by atoms with E-state index in [-0.39, 0.29) is 18.4 Å². The van der Waals surface area contributed by atoms with Crippen LogP contribution in [0.5, 0.6) is 0 Å². The Hall–Kier alpha value is -1.92. The van der Waals surface area contributed by atoms with Crippen molar-refractivity contribution in [1.82, 2.24) is 10.2 Å². The number of likely N-dealkylation sites (N-methyl/N-ethyl adjacent to an activating group) is 1. The Bertz CT molecular complexity index is 513. The van der Waals surface area contributed by atoms with E-state index in [2.05, 4.69) is 5.32 Å². The second-order valence-corrected chi connectivity index (χ2v) is 5.69. The highest BCUT2D eigenvalue weighted by Gasteiger charge is 2.38. The second kappa shape index (κ2) is 7.38. The largest absolute Gasteiger partial charge is 0.381 e. The summed E-state index contributed by atoms with van der Waals surface area (Å²) in [6.07, 6.45) is 0.976. The molecule has 1 aliphatic heterocycles. The zero-order valence-electron chi connectivity index (χ0n) is 12.9. The van der Waals surface area contributed by atoms with Crippen LogP contribution in [0.4, 0.5) is 0 Å². The Kier molecular flexibility index (Phi) is 5.51. The van der Waals surface area contributed by atoms with Gasteiger partial charge < -0.3 is 20.7 Å². The van der Waals surface area contributed by atoms with Crippen LogP contribution in [-0.2, 0) is 20.9 Å². The predicted molar refractivity (Wildman–Crippen MR) is 82.9 cm³/mol. The standard InChI is InChI=1S/C16H23N3O3/c1-19(15(21)16(17)7-9-22-10-8-16)12-14(20)18-11-13-5-3-2-4-6-13/h2-6H,7-12,17H2,1H3,(H,18,20). The number of nitrogens with two attached hydrogens (primary N) is 1. The summed E-state index contributed by atoms with van der Waals surface area (Å²) in [7, 11) is 1.61. The fourth-order valence-electron chi connectivity index (χ4n) is 2.47. The van der Waals surface area contributed by atoms with E-state index in [1.807, 2.05) is 30.3 Å². The number of ether oxygens (including phenoxy) is 1. The van der Waals surface area contributed by atoms with E-state index in [0.717, 1.165) is 5.56 Å². The van der Waals surface area contributed by atoms with Crippen molar-refractivity contribution in [1.29, 1.82) is 0 Å². The van der Waals surface area contributed by atoms with Gasteiger partial charge in [0.05, 0.1) is 12.1 Å². The molecule has 22 heavy (non-hydrogen) atoms. The van der Waals surface area contributed by atoms with Crippen LogP contribution in [0.25, 0.3) is 0 Å². The number of hydrogen-bond donors (Lipinski definition) is 2. The molecule has 2 amide bonds. The molecule has 1 aromatic carbocycles. The van der Waals surface area contributed by atoms with Gasteiger partial charge in [-0.15, -0.1) is 0 Å². The van der Waals surface area contributed by atoms with Gasteiger partial charge in [0.1, 0.15) is 0 Å². The van der Waals surface area contributed by atoms with Crippen LogP contribution in [0.1, 0.15) is 18.4 Å². The van der Waals surface area contributed by atoms with Crippen molar-refractivity contribution in [2.45, 2.75) is 24.9 Å². The zero-order chi connectivity index (χ0) is 16.0. The van der Waals surface area contributed by atoms with Gasteiger partial charge in [0, 0.05) is 26.8 Å². The van der Waals surface area contributed by atoms with Crippen LogP contribution in [-0.4, -0.2) is 49.1 Å². The van der Waals surface area contributed by atoms with Gasteiger partial charge in [-0.1, -0.05) is 30.3 Å². The number of carbonyl (C=O) groups excluding carboxylic acids is 2. The Labute approximate surface area is 130 Å². The average Bonchev–Trinajstić information content (AvgIpc) is 2.54. The predicted octanol–water partition coefficient (Wildman–Crippen LogP) is 0.269. The molecule has 6 heteroatoms. The topological polar surface area (TPSA) is 84.7 Å². The lowest BCUT2D eigenvalue weighted by atomic mass is 9.90. The maximum absolute atomic E-state index is 12.4. The first-order valence-electron chi connectivity index (χ1n) is 7.44. The van der Waals surface area contributed by atoms with Gasteiger partial charge in [0.15, 0.2) is 0 Å². The fourth-order valence-corrected chi connectivity index (χ4v) is 2.47. The molecule has 0 unspecified atom stereocenters. The highest BCUT2D eigenvalue weighted by atomic mass is 16.5. The lowest BCUT2D eigenvalue weighted by Crippen LogP contribution is -2.58. The third-order valence-corrected chi connectivity index (χ3v) is 3.87. The smallest absolute Gasteiger partial charge is 0.243 e. The number of nitrogens with zero attached hydrogens (tertiary/aromatic N) is 1. The first kappa shape index (κ1) is 16.5. The quantitative estimate of drug-likeness (QED) is 0.818. The minimum Gasteiger partial charge on any atom is -0.381 e. The summed E-state index contributed by atoms with van der Waals surface area (Å²) < 4.78 is 5.23. The molecular formula is C16H23N3O3. The Morgan fingerprint density at radius 3 is 2.55 bits per heavy atom. The van der Waals surface area contributed by atoms with Crippen molar-refractivity contribution in [3.8, 4) is 0 Å². The summed E-state index contributed by atoms with van der Waals surface area (Å²) in [6, 6.07) is 9.63. The van der Waals surface area contributed by atoms with Crippen LogP contribution in [0.15, 0.2) is 30.3 Å². The van der Waals surface area contributed by atoms with Crippen LogP contribution < -0.4 is 11.1 Å². The number of hydrogen-bond acceptors (Lipinski definition) is 4. The summed E-state index contributed by atoms with van der Waals surface area (Å²) in [5.41, 5.74) is 6.25. The SMILES string of the molecule is CN(CC(=O)NCc1ccccc1)C(=O)C1(N)CCOCC1. The van der Waals surface area contributed by atoms with Crippen molar-refractivity contribution >= 4 is 11.8 Å². The average molecular weight is 305 g/mol. The monoisotopic (exact) mass is 305 g/mol. The van der Waals surface area contributed by atoms with Crippen LogP contribution in [0, 0.1) is 0 Å². The molecule has 3 N–H and O–H groups in total. The van der Waals surface area contributed by atoms with E-state index >= 15 is 0 Å². The molecule has 0 atom stereocenters. The van der Waals surface area contributed by atoms with Gasteiger partial charge in [-0.2, -0.15) is 0 Å². The fraction of sp³-hybridized carbons (Fsp3) is 0.500. The van der Waals surface area contributed by atoms with E-state index in [1.54, 1.807) is 7.05 Å². The minimum absolute atomic E-state index is 0.00543. The zero-order valence-corrected chi connectivity index (χ0v) is 12.9. The van der Waals surface area contributed by atoms with E-state index < -0.39 is 5.54 Å². The lowest BCUT2D eigenvalue weighted by molar-refractivity contribution is -0.142. The molecule has 120 valence electrons. The van der Waals surface area contributed by atoms with E-state index in [4.69, 9.17) is 10.5 Å². The summed E-state index contributed by atoms with van der Waals surface area (Å²) in [4.78, 5) is 25.7. The van der Waals surface area contributed by atoms with Crippen molar-refractivity contribution in [2.75, 3.05) is 26.8 Å². The minimum atomic E-state index is -0.910. The third kappa shape index (κ3) is 4.29. The normalized spacial score (nSPS) is 16.8. The van der Waals surface area contributed by atoms with Gasteiger partial charge in [-0.25, -0.2) is 0 Å². The van der Waals surface area contributed by atoms with Crippen molar-refractivity contribution in [3.05, 3.63) is 35.9 Å². The van der Waals surface area contributed by atoms with Gasteiger partial charge in [0.2, 0.25) is 11.8 Å².